The van der Waals surface area contributed by atoms with E-state index < -0.39 is 15.1 Å². The Hall–Kier alpha value is -0.620. The Morgan fingerprint density at radius 2 is 2.05 bits per heavy atom. The van der Waals surface area contributed by atoms with Crippen molar-refractivity contribution < 1.29 is 13.2 Å². The maximum Gasteiger partial charge on any atom is 0.240 e. The van der Waals surface area contributed by atoms with E-state index in [1.807, 2.05) is 6.92 Å². The number of rotatable bonds is 3. The number of hydrogen-bond acceptors (Lipinski definition) is 4. The zero-order valence-electron chi connectivity index (χ0n) is 11.6. The first kappa shape index (κ1) is 14.8. The quantitative estimate of drug-likeness (QED) is 0.824. The number of likely N-dealkylation sites (tertiary alicyclic amines) is 1. The number of carbonyl (C=O) groups is 1. The number of nitrogens with one attached hydrogen (secondary N) is 1. The minimum atomic E-state index is -3.21. The van der Waals surface area contributed by atoms with E-state index in [2.05, 4.69) is 5.32 Å². The van der Waals surface area contributed by atoms with E-state index in [9.17, 15) is 13.2 Å². The number of hydrogen-bond donors (Lipinski definition) is 1. The summed E-state index contributed by atoms with van der Waals surface area (Å²) in [5.74, 6) is 0.00996. The molecule has 0 spiro atoms. The second-order valence-electron chi connectivity index (χ2n) is 5.53. The molecule has 2 atom stereocenters. The van der Waals surface area contributed by atoms with Gasteiger partial charge >= 0.3 is 0 Å². The maximum absolute atomic E-state index is 12.4. The summed E-state index contributed by atoms with van der Waals surface area (Å²) in [6.45, 7) is 4.28. The normalized spacial score (nSPS) is 31.1. The molecule has 0 saturated carbocycles. The predicted octanol–water partition coefficient (Wildman–Crippen LogP) is 0.554. The van der Waals surface area contributed by atoms with Crippen LogP contribution in [0.1, 0.15) is 39.0 Å². The van der Waals surface area contributed by atoms with Crippen LogP contribution >= 0.6 is 0 Å². The molecule has 0 aromatic carbocycles. The molecule has 2 aliphatic rings. The van der Waals surface area contributed by atoms with Gasteiger partial charge in [-0.05, 0) is 32.2 Å². The van der Waals surface area contributed by atoms with Crippen molar-refractivity contribution in [3.8, 4) is 0 Å². The molecule has 19 heavy (non-hydrogen) atoms. The molecule has 0 aromatic rings. The van der Waals surface area contributed by atoms with Gasteiger partial charge in [-0.3, -0.25) is 4.79 Å². The van der Waals surface area contributed by atoms with E-state index in [-0.39, 0.29) is 11.7 Å². The standard InChI is InChI=1S/C13H24N2O3S/c1-2-14-11-6-5-8-15(10-11)13(16)12-7-3-4-9-19(12,17)18/h11-12,14H,2-10H2,1H3. The van der Waals surface area contributed by atoms with Crippen LogP contribution in [0.15, 0.2) is 0 Å². The Bertz CT molecular complexity index is 420. The largest absolute Gasteiger partial charge is 0.340 e. The molecule has 6 heteroatoms. The van der Waals surface area contributed by atoms with Crippen LogP contribution in [-0.4, -0.2) is 55.9 Å². The minimum absolute atomic E-state index is 0.165. The highest BCUT2D eigenvalue weighted by Crippen LogP contribution is 2.23. The van der Waals surface area contributed by atoms with Crippen molar-refractivity contribution in [2.45, 2.75) is 50.3 Å². The SMILES string of the molecule is CCNC1CCCN(C(=O)C2CCCCS2(=O)=O)C1. The Morgan fingerprint density at radius 1 is 1.26 bits per heavy atom. The number of piperidine rings is 1. The van der Waals surface area contributed by atoms with Crippen molar-refractivity contribution in [3.05, 3.63) is 0 Å². The maximum atomic E-state index is 12.4. The summed E-state index contributed by atoms with van der Waals surface area (Å²) in [6, 6.07) is 0.314. The molecule has 1 amide bonds. The molecule has 2 fully saturated rings. The van der Waals surface area contributed by atoms with E-state index in [1.54, 1.807) is 4.90 Å². The van der Waals surface area contributed by atoms with Crippen LogP contribution in [0.25, 0.3) is 0 Å². The molecule has 5 nitrogen and oxygen atoms in total. The smallest absolute Gasteiger partial charge is 0.240 e. The summed E-state index contributed by atoms with van der Waals surface area (Å²) in [4.78, 5) is 14.2. The lowest BCUT2D eigenvalue weighted by Gasteiger charge is -2.35. The molecular formula is C13H24N2O3S. The molecule has 2 rings (SSSR count). The van der Waals surface area contributed by atoms with Gasteiger partial charge in [0.1, 0.15) is 5.25 Å². The van der Waals surface area contributed by atoms with Gasteiger partial charge in [-0.25, -0.2) is 8.42 Å². The summed E-state index contributed by atoms with van der Waals surface area (Å²) in [5, 5.41) is 2.57. The molecule has 0 aliphatic carbocycles. The fraction of sp³-hybridized carbons (Fsp3) is 0.923. The summed E-state index contributed by atoms with van der Waals surface area (Å²) in [6.07, 6.45) is 4.07. The number of sulfone groups is 1. The lowest BCUT2D eigenvalue weighted by Crippen LogP contribution is -2.52. The van der Waals surface area contributed by atoms with Crippen LogP contribution in [0.3, 0.4) is 0 Å². The van der Waals surface area contributed by atoms with Crippen LogP contribution < -0.4 is 5.32 Å². The van der Waals surface area contributed by atoms with E-state index in [0.29, 0.717) is 32.0 Å². The number of likely N-dealkylation sites (N-methyl/N-ethyl adjacent to an activating group) is 1. The summed E-state index contributed by atoms with van der Waals surface area (Å²) < 4.78 is 24.0. The second kappa shape index (κ2) is 6.22. The average molecular weight is 288 g/mol. The Labute approximate surface area is 115 Å². The molecule has 2 unspecified atom stereocenters. The summed E-state index contributed by atoms with van der Waals surface area (Å²) in [5.41, 5.74) is 0. The van der Waals surface area contributed by atoms with Crippen LogP contribution in [0.5, 0.6) is 0 Å². The minimum Gasteiger partial charge on any atom is -0.340 e. The fourth-order valence-electron chi connectivity index (χ4n) is 3.07. The topological polar surface area (TPSA) is 66.5 Å². The highest BCUT2D eigenvalue weighted by molar-refractivity contribution is 7.92. The third-order valence-corrected chi connectivity index (χ3v) is 6.24. The average Bonchev–Trinajstić information content (AvgIpc) is 2.38. The van der Waals surface area contributed by atoms with Gasteiger partial charge in [-0.1, -0.05) is 13.3 Å². The monoisotopic (exact) mass is 288 g/mol. The fourth-order valence-corrected chi connectivity index (χ4v) is 4.94. The van der Waals surface area contributed by atoms with Gasteiger partial charge < -0.3 is 10.2 Å². The summed E-state index contributed by atoms with van der Waals surface area (Å²) >= 11 is 0. The molecule has 1 N–H and O–H groups in total. The van der Waals surface area contributed by atoms with Gasteiger partial charge in [0.25, 0.3) is 0 Å². The van der Waals surface area contributed by atoms with Crippen LogP contribution in [0, 0.1) is 0 Å². The zero-order valence-corrected chi connectivity index (χ0v) is 12.4. The molecule has 0 bridgehead atoms. The molecule has 0 aromatic heterocycles. The summed E-state index contributed by atoms with van der Waals surface area (Å²) in [7, 11) is -3.21. The van der Waals surface area contributed by atoms with E-state index in [4.69, 9.17) is 0 Å². The molecule has 2 heterocycles. The van der Waals surface area contributed by atoms with Crippen molar-refractivity contribution in [1.82, 2.24) is 10.2 Å². The molecule has 2 aliphatic heterocycles. The van der Waals surface area contributed by atoms with Crippen molar-refractivity contribution >= 4 is 15.7 Å². The van der Waals surface area contributed by atoms with Crippen molar-refractivity contribution in [2.75, 3.05) is 25.4 Å². The van der Waals surface area contributed by atoms with Gasteiger partial charge in [-0.2, -0.15) is 0 Å². The van der Waals surface area contributed by atoms with Crippen molar-refractivity contribution in [3.63, 3.8) is 0 Å². The van der Waals surface area contributed by atoms with Crippen LogP contribution in [0.4, 0.5) is 0 Å². The number of nitrogens with zero attached hydrogens (tertiary/aromatic N) is 1. The van der Waals surface area contributed by atoms with Crippen molar-refractivity contribution in [1.29, 1.82) is 0 Å². The van der Waals surface area contributed by atoms with Crippen molar-refractivity contribution in [2.24, 2.45) is 0 Å². The number of amides is 1. The van der Waals surface area contributed by atoms with Gasteiger partial charge in [0.15, 0.2) is 9.84 Å². The van der Waals surface area contributed by atoms with E-state index >= 15 is 0 Å². The Morgan fingerprint density at radius 3 is 2.74 bits per heavy atom. The van der Waals surface area contributed by atoms with Gasteiger partial charge in [-0.15, -0.1) is 0 Å². The highest BCUT2D eigenvalue weighted by Gasteiger charge is 2.38. The zero-order chi connectivity index (χ0) is 13.9. The van der Waals surface area contributed by atoms with Gasteiger partial charge in [0, 0.05) is 19.1 Å². The first-order valence-corrected chi connectivity index (χ1v) is 9.00. The van der Waals surface area contributed by atoms with Crippen LogP contribution in [-0.2, 0) is 14.6 Å². The lowest BCUT2D eigenvalue weighted by molar-refractivity contribution is -0.132. The van der Waals surface area contributed by atoms with E-state index in [0.717, 1.165) is 25.8 Å². The number of carbonyl (C=O) groups excluding carboxylic acids is 1. The Balaban J connectivity index is 2.02. The highest BCUT2D eigenvalue weighted by atomic mass is 32.2. The lowest BCUT2D eigenvalue weighted by atomic mass is 10.0. The van der Waals surface area contributed by atoms with Gasteiger partial charge in [0.05, 0.1) is 5.75 Å². The molecule has 110 valence electrons. The predicted molar refractivity (Wildman–Crippen MR) is 74.7 cm³/mol. The molecule has 0 radical (unpaired) electrons. The third-order valence-electron chi connectivity index (χ3n) is 4.08. The Kier molecular flexibility index (Phi) is 4.84. The molecular weight excluding hydrogens is 264 g/mol. The third kappa shape index (κ3) is 3.48. The first-order valence-electron chi connectivity index (χ1n) is 7.28. The first-order chi connectivity index (χ1) is 9.04. The van der Waals surface area contributed by atoms with E-state index in [1.165, 1.54) is 0 Å². The second-order valence-corrected chi connectivity index (χ2v) is 7.84. The van der Waals surface area contributed by atoms with Gasteiger partial charge in [0.2, 0.25) is 5.91 Å². The van der Waals surface area contributed by atoms with Crippen LogP contribution in [0.2, 0.25) is 0 Å². The molecule has 2 saturated heterocycles.